The van der Waals surface area contributed by atoms with Crippen molar-refractivity contribution in [3.63, 3.8) is 0 Å². The maximum atomic E-state index is 14.2. The van der Waals surface area contributed by atoms with E-state index in [9.17, 15) is 13.6 Å². The van der Waals surface area contributed by atoms with Gasteiger partial charge in [-0.25, -0.2) is 13.8 Å². The number of aromatic nitrogens is 2. The first-order valence-corrected chi connectivity index (χ1v) is 11.6. The van der Waals surface area contributed by atoms with Gasteiger partial charge in [-0.1, -0.05) is 30.4 Å². The van der Waals surface area contributed by atoms with Crippen LogP contribution in [-0.2, 0) is 16.0 Å². The molecule has 0 spiro atoms. The van der Waals surface area contributed by atoms with Crippen LogP contribution in [0.4, 0.5) is 8.78 Å². The van der Waals surface area contributed by atoms with Crippen molar-refractivity contribution in [3.05, 3.63) is 83.7 Å². The molecule has 3 aromatic rings. The Hall–Kier alpha value is -3.32. The number of benzene rings is 2. The van der Waals surface area contributed by atoms with Crippen molar-refractivity contribution in [2.75, 3.05) is 20.2 Å². The number of allylic oxidation sites excluding steroid dienone is 2. The second-order valence-corrected chi connectivity index (χ2v) is 9.00. The molecule has 2 aromatic carbocycles. The zero-order valence-corrected chi connectivity index (χ0v) is 19.0. The molecule has 2 heterocycles. The maximum absolute atomic E-state index is 14.2. The van der Waals surface area contributed by atoms with Gasteiger partial charge in [0.15, 0.2) is 0 Å². The summed E-state index contributed by atoms with van der Waals surface area (Å²) in [6, 6.07) is 11.2. The average Bonchev–Trinajstić information content (AvgIpc) is 3.25. The number of nitrogens with one attached hydrogen (secondary N) is 1. The van der Waals surface area contributed by atoms with Crippen molar-refractivity contribution < 1.29 is 18.3 Å². The Morgan fingerprint density at radius 3 is 2.74 bits per heavy atom. The molecule has 1 aromatic heterocycles. The van der Waals surface area contributed by atoms with Crippen LogP contribution < -0.4 is 0 Å². The zero-order valence-electron chi connectivity index (χ0n) is 19.0. The summed E-state index contributed by atoms with van der Waals surface area (Å²) in [6.45, 7) is 1.34. The highest BCUT2D eigenvalue weighted by Crippen LogP contribution is 2.30. The van der Waals surface area contributed by atoms with Crippen LogP contribution >= 0.6 is 0 Å². The predicted octanol–water partition coefficient (Wildman–Crippen LogP) is 4.91. The molecule has 2 atom stereocenters. The Balaban J connectivity index is 1.20. The normalized spacial score (nSPS) is 21.1. The van der Waals surface area contributed by atoms with Crippen LogP contribution in [0.1, 0.15) is 24.2 Å². The average molecular weight is 464 g/mol. The van der Waals surface area contributed by atoms with Gasteiger partial charge in [-0.15, -0.1) is 0 Å². The van der Waals surface area contributed by atoms with Gasteiger partial charge >= 0.3 is 0 Å². The van der Waals surface area contributed by atoms with Gasteiger partial charge in [0.25, 0.3) is 0 Å². The number of carbonyl (C=O) groups is 1. The number of hydrogen-bond acceptors (Lipinski definition) is 3. The highest BCUT2D eigenvalue weighted by molar-refractivity contribution is 5.86. The Morgan fingerprint density at radius 1 is 1.18 bits per heavy atom. The topological polar surface area (TPSA) is 58.2 Å². The number of rotatable bonds is 5. The molecule has 2 aliphatic rings. The van der Waals surface area contributed by atoms with Crippen LogP contribution in [0.15, 0.2) is 60.7 Å². The number of ether oxygens (including phenoxy) is 1. The van der Waals surface area contributed by atoms with Crippen LogP contribution in [0.5, 0.6) is 0 Å². The third-order valence-corrected chi connectivity index (χ3v) is 6.82. The van der Waals surface area contributed by atoms with Crippen molar-refractivity contribution in [1.29, 1.82) is 0 Å². The molecule has 1 aliphatic carbocycles. The Morgan fingerprint density at radius 2 is 1.97 bits per heavy atom. The lowest BCUT2D eigenvalue weighted by Gasteiger charge is -2.35. The number of fused-ring (bicyclic) bond motifs is 1. The third kappa shape index (κ3) is 4.53. The minimum Gasteiger partial charge on any atom is -0.376 e. The summed E-state index contributed by atoms with van der Waals surface area (Å²) in [4.78, 5) is 23.0. The summed E-state index contributed by atoms with van der Waals surface area (Å²) < 4.78 is 33.3. The summed E-state index contributed by atoms with van der Waals surface area (Å²) in [5, 5.41) is 0. The van der Waals surface area contributed by atoms with Crippen LogP contribution in [0.25, 0.3) is 16.6 Å². The number of amides is 1. The summed E-state index contributed by atoms with van der Waals surface area (Å²) in [6.07, 6.45) is 7.56. The lowest BCUT2D eigenvalue weighted by Crippen LogP contribution is -2.45. The molecule has 0 saturated carbocycles. The van der Waals surface area contributed by atoms with Crippen molar-refractivity contribution in [1.82, 2.24) is 14.9 Å². The van der Waals surface area contributed by atoms with Gasteiger partial charge in [0.1, 0.15) is 17.5 Å². The molecule has 0 bridgehead atoms. The Labute approximate surface area is 197 Å². The predicted molar refractivity (Wildman–Crippen MR) is 127 cm³/mol. The van der Waals surface area contributed by atoms with E-state index in [0.717, 1.165) is 36.2 Å². The van der Waals surface area contributed by atoms with Crippen LogP contribution in [0, 0.1) is 23.5 Å². The van der Waals surface area contributed by atoms with E-state index in [0.29, 0.717) is 30.1 Å². The van der Waals surface area contributed by atoms with Gasteiger partial charge in [0.05, 0.1) is 23.1 Å². The number of piperidine rings is 1. The highest BCUT2D eigenvalue weighted by atomic mass is 19.1. The lowest BCUT2D eigenvalue weighted by molar-refractivity contribution is -0.138. The van der Waals surface area contributed by atoms with E-state index in [1.807, 2.05) is 23.1 Å². The SMILES string of the molecule is COC1C=C(c2ccccc2F)C=CC1C(=O)N1CCC(Cc2nc3ccc(F)cc3[nH]2)CC1. The van der Waals surface area contributed by atoms with Crippen molar-refractivity contribution in [2.45, 2.75) is 25.4 Å². The second kappa shape index (κ2) is 9.50. The molecule has 176 valence electrons. The number of imidazole rings is 1. The summed E-state index contributed by atoms with van der Waals surface area (Å²) in [7, 11) is 1.57. The lowest BCUT2D eigenvalue weighted by atomic mass is 9.88. The van der Waals surface area contributed by atoms with Gasteiger partial charge in [0, 0.05) is 32.2 Å². The number of carbonyl (C=O) groups excluding carboxylic acids is 1. The molecule has 2 unspecified atom stereocenters. The fraction of sp³-hybridized carbons (Fsp3) is 0.333. The third-order valence-electron chi connectivity index (χ3n) is 6.82. The fourth-order valence-corrected chi connectivity index (χ4v) is 4.94. The standard InChI is InChI=1S/C27H27F2N3O2/c1-34-25-15-18(20-4-2-3-5-22(20)29)6-8-21(25)27(33)32-12-10-17(11-13-32)14-26-30-23-9-7-19(28)16-24(23)31-26/h2-9,15-17,21,25H,10-14H2,1H3,(H,30,31). The Kier molecular flexibility index (Phi) is 6.28. The monoisotopic (exact) mass is 463 g/mol. The molecule has 1 saturated heterocycles. The molecule has 5 rings (SSSR count). The van der Waals surface area contributed by atoms with E-state index in [-0.39, 0.29) is 17.5 Å². The quantitative estimate of drug-likeness (QED) is 0.585. The number of methoxy groups -OCH3 is 1. The fourth-order valence-electron chi connectivity index (χ4n) is 4.94. The second-order valence-electron chi connectivity index (χ2n) is 9.00. The van der Waals surface area contributed by atoms with Crippen molar-refractivity contribution in [3.8, 4) is 0 Å². The van der Waals surface area contributed by atoms with Crippen LogP contribution in [-0.4, -0.2) is 47.1 Å². The van der Waals surface area contributed by atoms with E-state index >= 15 is 0 Å². The molecular weight excluding hydrogens is 436 g/mol. The highest BCUT2D eigenvalue weighted by Gasteiger charge is 2.33. The van der Waals surface area contributed by atoms with Gasteiger partial charge < -0.3 is 14.6 Å². The molecule has 5 nitrogen and oxygen atoms in total. The van der Waals surface area contributed by atoms with E-state index < -0.39 is 12.0 Å². The molecule has 1 fully saturated rings. The molecule has 34 heavy (non-hydrogen) atoms. The summed E-state index contributed by atoms with van der Waals surface area (Å²) >= 11 is 0. The number of halogens is 2. The van der Waals surface area contributed by atoms with Crippen LogP contribution in [0.3, 0.4) is 0 Å². The van der Waals surface area contributed by atoms with Crippen LogP contribution in [0.2, 0.25) is 0 Å². The van der Waals surface area contributed by atoms with Crippen molar-refractivity contribution >= 4 is 22.5 Å². The summed E-state index contributed by atoms with van der Waals surface area (Å²) in [5.41, 5.74) is 2.70. The van der Waals surface area contributed by atoms with Crippen molar-refractivity contribution in [2.24, 2.45) is 11.8 Å². The number of H-pyrrole nitrogens is 1. The number of aromatic amines is 1. The molecule has 1 aliphatic heterocycles. The number of nitrogens with zero attached hydrogens (tertiary/aromatic N) is 2. The maximum Gasteiger partial charge on any atom is 0.232 e. The van der Waals surface area contributed by atoms with Gasteiger partial charge in [-0.2, -0.15) is 0 Å². The number of likely N-dealkylation sites (tertiary alicyclic amines) is 1. The number of hydrogen-bond donors (Lipinski definition) is 1. The zero-order chi connectivity index (χ0) is 23.7. The largest absolute Gasteiger partial charge is 0.376 e. The molecule has 1 N–H and O–H groups in total. The molecular formula is C27H27F2N3O2. The smallest absolute Gasteiger partial charge is 0.232 e. The van der Waals surface area contributed by atoms with Gasteiger partial charge in [-0.05, 0) is 54.7 Å². The van der Waals surface area contributed by atoms with Gasteiger partial charge in [-0.3, -0.25) is 4.79 Å². The summed E-state index contributed by atoms with van der Waals surface area (Å²) in [5.74, 6) is 0.283. The minimum atomic E-state index is -0.444. The Bertz CT molecular complexity index is 1260. The first-order chi connectivity index (χ1) is 16.5. The molecule has 1 amide bonds. The molecule has 7 heteroatoms. The van der Waals surface area contributed by atoms with Gasteiger partial charge in [0.2, 0.25) is 5.91 Å². The minimum absolute atomic E-state index is 0.0320. The first-order valence-electron chi connectivity index (χ1n) is 11.6. The van der Waals surface area contributed by atoms with E-state index in [1.54, 1.807) is 31.4 Å². The molecule has 0 radical (unpaired) electrons. The van der Waals surface area contributed by atoms with E-state index in [4.69, 9.17) is 4.74 Å². The van der Waals surface area contributed by atoms with E-state index in [2.05, 4.69) is 9.97 Å². The van der Waals surface area contributed by atoms with E-state index in [1.165, 1.54) is 18.2 Å². The first kappa shape index (κ1) is 22.5.